The number of aryl methyl sites for hydroxylation is 1. The summed E-state index contributed by atoms with van der Waals surface area (Å²) >= 11 is 0. The van der Waals surface area contributed by atoms with Crippen LogP contribution >= 0.6 is 0 Å². The molecule has 3 rings (SSSR count). The van der Waals surface area contributed by atoms with Gasteiger partial charge in [-0.3, -0.25) is 0 Å². The van der Waals surface area contributed by atoms with E-state index in [2.05, 4.69) is 41.7 Å². The molecule has 2 heteroatoms. The van der Waals surface area contributed by atoms with E-state index in [1.165, 1.54) is 11.1 Å². The van der Waals surface area contributed by atoms with E-state index in [1.54, 1.807) is 0 Å². The van der Waals surface area contributed by atoms with E-state index in [-0.39, 0.29) is 12.6 Å². The van der Waals surface area contributed by atoms with Crippen LogP contribution in [-0.4, -0.2) is 11.7 Å². The minimum absolute atomic E-state index is 0.0114. The molecule has 0 aliphatic heterocycles. The molecule has 2 aromatic carbocycles. The molecule has 2 aromatic rings. The Morgan fingerprint density at radius 3 is 2.58 bits per heavy atom. The van der Waals surface area contributed by atoms with Gasteiger partial charge in [0.1, 0.15) is 0 Å². The first kappa shape index (κ1) is 12.4. The molecule has 0 aromatic heterocycles. The van der Waals surface area contributed by atoms with Crippen molar-refractivity contribution in [3.05, 3.63) is 71.3 Å². The summed E-state index contributed by atoms with van der Waals surface area (Å²) < 4.78 is 0. The van der Waals surface area contributed by atoms with E-state index < -0.39 is 0 Å². The van der Waals surface area contributed by atoms with Crippen LogP contribution in [0.4, 0.5) is 0 Å². The SMILES string of the molecule is OCC(NC1CCc2ccccc21)c1ccccc1. The zero-order valence-corrected chi connectivity index (χ0v) is 10.9. The Hall–Kier alpha value is -1.64. The molecule has 2 atom stereocenters. The van der Waals surface area contributed by atoms with Crippen LogP contribution in [0.3, 0.4) is 0 Å². The van der Waals surface area contributed by atoms with Crippen LogP contribution in [0.15, 0.2) is 54.6 Å². The Labute approximate surface area is 114 Å². The Morgan fingerprint density at radius 2 is 1.79 bits per heavy atom. The Bertz CT molecular complexity index is 538. The molecule has 2 unspecified atom stereocenters. The predicted molar refractivity (Wildman–Crippen MR) is 76.9 cm³/mol. The lowest BCUT2D eigenvalue weighted by atomic mass is 10.0. The normalized spacial score (nSPS) is 19.1. The van der Waals surface area contributed by atoms with Gasteiger partial charge < -0.3 is 10.4 Å². The van der Waals surface area contributed by atoms with E-state index in [1.807, 2.05) is 18.2 Å². The second-order valence-electron chi connectivity index (χ2n) is 5.10. The number of benzene rings is 2. The van der Waals surface area contributed by atoms with Crippen molar-refractivity contribution in [2.75, 3.05) is 6.61 Å². The molecule has 0 radical (unpaired) electrons. The molecule has 1 aliphatic carbocycles. The van der Waals surface area contributed by atoms with Crippen LogP contribution in [0.1, 0.15) is 35.2 Å². The van der Waals surface area contributed by atoms with Crippen LogP contribution in [-0.2, 0) is 6.42 Å². The number of rotatable bonds is 4. The van der Waals surface area contributed by atoms with Gasteiger partial charge in [0, 0.05) is 6.04 Å². The molecule has 1 aliphatic rings. The van der Waals surface area contributed by atoms with Gasteiger partial charge in [-0.25, -0.2) is 0 Å². The highest BCUT2D eigenvalue weighted by molar-refractivity contribution is 5.34. The summed E-state index contributed by atoms with van der Waals surface area (Å²) in [7, 11) is 0. The highest BCUT2D eigenvalue weighted by Gasteiger charge is 2.24. The summed E-state index contributed by atoms with van der Waals surface area (Å²) in [4.78, 5) is 0. The van der Waals surface area contributed by atoms with E-state index in [0.717, 1.165) is 18.4 Å². The zero-order valence-electron chi connectivity index (χ0n) is 10.9. The summed E-state index contributed by atoms with van der Waals surface area (Å²) in [5.74, 6) is 0. The van der Waals surface area contributed by atoms with Gasteiger partial charge in [0.25, 0.3) is 0 Å². The monoisotopic (exact) mass is 253 g/mol. The number of hydrogen-bond acceptors (Lipinski definition) is 2. The highest BCUT2D eigenvalue weighted by atomic mass is 16.3. The van der Waals surface area contributed by atoms with Gasteiger partial charge in [0.05, 0.1) is 12.6 Å². The highest BCUT2D eigenvalue weighted by Crippen LogP contribution is 2.32. The lowest BCUT2D eigenvalue weighted by Crippen LogP contribution is -2.27. The molecular formula is C17H19NO. The van der Waals surface area contributed by atoms with Gasteiger partial charge in [-0.15, -0.1) is 0 Å². The molecular weight excluding hydrogens is 234 g/mol. The van der Waals surface area contributed by atoms with Crippen molar-refractivity contribution < 1.29 is 5.11 Å². The number of nitrogens with one attached hydrogen (secondary N) is 1. The molecule has 0 saturated carbocycles. The fourth-order valence-corrected chi connectivity index (χ4v) is 2.91. The number of aliphatic hydroxyl groups excluding tert-OH is 1. The predicted octanol–water partition coefficient (Wildman–Crippen LogP) is 3.00. The molecule has 0 fully saturated rings. The van der Waals surface area contributed by atoms with Gasteiger partial charge in [-0.2, -0.15) is 0 Å². The molecule has 0 amide bonds. The standard InChI is InChI=1S/C17H19NO/c19-12-17(14-7-2-1-3-8-14)18-16-11-10-13-6-4-5-9-15(13)16/h1-9,16-19H,10-12H2. The lowest BCUT2D eigenvalue weighted by Gasteiger charge is -2.22. The lowest BCUT2D eigenvalue weighted by molar-refractivity contribution is 0.233. The molecule has 19 heavy (non-hydrogen) atoms. The second-order valence-corrected chi connectivity index (χ2v) is 5.10. The molecule has 2 N–H and O–H groups in total. The number of aliphatic hydroxyl groups is 1. The Kier molecular flexibility index (Phi) is 3.62. The van der Waals surface area contributed by atoms with Gasteiger partial charge in [-0.1, -0.05) is 54.6 Å². The van der Waals surface area contributed by atoms with Crippen molar-refractivity contribution in [1.82, 2.24) is 5.32 Å². The minimum atomic E-state index is 0.0114. The van der Waals surface area contributed by atoms with Crippen LogP contribution in [0.5, 0.6) is 0 Å². The summed E-state index contributed by atoms with van der Waals surface area (Å²) in [6.07, 6.45) is 2.24. The average Bonchev–Trinajstić information content (AvgIpc) is 2.89. The maximum atomic E-state index is 9.63. The molecule has 2 nitrogen and oxygen atoms in total. The first-order valence-corrected chi connectivity index (χ1v) is 6.88. The van der Waals surface area contributed by atoms with Gasteiger partial charge >= 0.3 is 0 Å². The molecule has 98 valence electrons. The van der Waals surface area contributed by atoms with Crippen molar-refractivity contribution in [3.63, 3.8) is 0 Å². The maximum absolute atomic E-state index is 9.63. The second kappa shape index (κ2) is 5.55. The first-order chi connectivity index (χ1) is 9.38. The summed E-state index contributed by atoms with van der Waals surface area (Å²) in [6, 6.07) is 19.1. The van der Waals surface area contributed by atoms with Crippen molar-refractivity contribution in [2.45, 2.75) is 24.9 Å². The van der Waals surface area contributed by atoms with E-state index in [0.29, 0.717) is 6.04 Å². The topological polar surface area (TPSA) is 32.3 Å². The van der Waals surface area contributed by atoms with Crippen molar-refractivity contribution in [2.24, 2.45) is 0 Å². The van der Waals surface area contributed by atoms with E-state index in [9.17, 15) is 5.11 Å². The van der Waals surface area contributed by atoms with Gasteiger partial charge in [0.15, 0.2) is 0 Å². The van der Waals surface area contributed by atoms with Crippen molar-refractivity contribution >= 4 is 0 Å². The fraction of sp³-hybridized carbons (Fsp3) is 0.294. The zero-order chi connectivity index (χ0) is 13.1. The van der Waals surface area contributed by atoms with Crippen LogP contribution in [0.2, 0.25) is 0 Å². The minimum Gasteiger partial charge on any atom is -0.394 e. The van der Waals surface area contributed by atoms with Crippen molar-refractivity contribution in [1.29, 1.82) is 0 Å². The maximum Gasteiger partial charge on any atom is 0.0626 e. The van der Waals surface area contributed by atoms with Crippen LogP contribution in [0, 0.1) is 0 Å². The molecule has 0 spiro atoms. The third-order valence-electron chi connectivity index (χ3n) is 3.92. The average molecular weight is 253 g/mol. The van der Waals surface area contributed by atoms with Crippen LogP contribution < -0.4 is 5.32 Å². The fourth-order valence-electron chi connectivity index (χ4n) is 2.91. The van der Waals surface area contributed by atoms with Gasteiger partial charge in [0.2, 0.25) is 0 Å². The van der Waals surface area contributed by atoms with Crippen molar-refractivity contribution in [3.8, 4) is 0 Å². The van der Waals surface area contributed by atoms with E-state index in [4.69, 9.17) is 0 Å². The number of hydrogen-bond donors (Lipinski definition) is 2. The first-order valence-electron chi connectivity index (χ1n) is 6.88. The third-order valence-corrected chi connectivity index (χ3v) is 3.92. The summed E-state index contributed by atoms with van der Waals surface area (Å²) in [5.41, 5.74) is 3.97. The van der Waals surface area contributed by atoms with E-state index >= 15 is 0 Å². The quantitative estimate of drug-likeness (QED) is 0.878. The third kappa shape index (κ3) is 2.55. The largest absolute Gasteiger partial charge is 0.394 e. The molecule has 0 bridgehead atoms. The van der Waals surface area contributed by atoms with Gasteiger partial charge in [-0.05, 0) is 29.5 Å². The molecule has 0 heterocycles. The smallest absolute Gasteiger partial charge is 0.0626 e. The summed E-state index contributed by atoms with van der Waals surface area (Å²) in [6.45, 7) is 0.128. The van der Waals surface area contributed by atoms with Crippen LogP contribution in [0.25, 0.3) is 0 Å². The Balaban J connectivity index is 1.78. The summed E-state index contributed by atoms with van der Waals surface area (Å²) in [5, 5.41) is 13.2. The molecule has 0 saturated heterocycles. The number of fused-ring (bicyclic) bond motifs is 1. The Morgan fingerprint density at radius 1 is 1.05 bits per heavy atom.